The van der Waals surface area contributed by atoms with Crippen LogP contribution in [0.25, 0.3) is 5.76 Å². The van der Waals surface area contributed by atoms with E-state index < -0.39 is 17.7 Å². The second-order valence-electron chi connectivity index (χ2n) is 11.2. The van der Waals surface area contributed by atoms with Gasteiger partial charge < -0.3 is 19.3 Å². The largest absolute Gasteiger partial charge is 0.507 e. The average molecular weight is 712 g/mol. The van der Waals surface area contributed by atoms with Crippen molar-refractivity contribution >= 4 is 45.7 Å². The van der Waals surface area contributed by atoms with Crippen molar-refractivity contribution in [3.05, 3.63) is 131 Å². The Hall–Kier alpha value is -5.20. The van der Waals surface area contributed by atoms with E-state index in [2.05, 4.69) is 10.2 Å². The highest BCUT2D eigenvalue weighted by molar-refractivity contribution is 8.00. The maximum absolute atomic E-state index is 13.8. The minimum Gasteiger partial charge on any atom is -0.507 e. The minimum atomic E-state index is -1.06. The molecule has 1 fully saturated rings. The van der Waals surface area contributed by atoms with E-state index in [1.165, 1.54) is 28.8 Å². The van der Waals surface area contributed by atoms with Gasteiger partial charge in [-0.25, -0.2) is 4.39 Å². The van der Waals surface area contributed by atoms with E-state index in [-0.39, 0.29) is 22.3 Å². The third kappa shape index (κ3) is 7.82. The van der Waals surface area contributed by atoms with Gasteiger partial charge in [0.1, 0.15) is 23.9 Å². The fraction of sp³-hybridized carbons (Fsp3) is 0.211. The van der Waals surface area contributed by atoms with E-state index in [0.717, 1.165) is 28.9 Å². The fourth-order valence-corrected chi connectivity index (χ4v) is 7.15. The molecule has 1 aliphatic heterocycles. The Kier molecular flexibility index (Phi) is 11.1. The van der Waals surface area contributed by atoms with Crippen molar-refractivity contribution < 1.29 is 33.3 Å². The van der Waals surface area contributed by atoms with Gasteiger partial charge >= 0.3 is 5.91 Å². The summed E-state index contributed by atoms with van der Waals surface area (Å²) in [5, 5.41) is 20.4. The van der Waals surface area contributed by atoms with E-state index >= 15 is 0 Å². The molecule has 1 N–H and O–H groups in total. The Bertz CT molecular complexity index is 1980. The molecular weight excluding hydrogens is 678 g/mol. The molecule has 1 aliphatic rings. The van der Waals surface area contributed by atoms with Gasteiger partial charge in [0.25, 0.3) is 5.78 Å². The van der Waals surface area contributed by atoms with Crippen molar-refractivity contribution in [1.29, 1.82) is 0 Å². The quantitative estimate of drug-likeness (QED) is 0.0399. The van der Waals surface area contributed by atoms with Crippen molar-refractivity contribution in [3.8, 4) is 17.2 Å². The lowest BCUT2D eigenvalue weighted by Gasteiger charge is -2.23. The second kappa shape index (κ2) is 16.0. The second-order valence-corrected chi connectivity index (χ2v) is 13.4. The van der Waals surface area contributed by atoms with Gasteiger partial charge in [-0.3, -0.25) is 14.5 Å². The summed E-state index contributed by atoms with van der Waals surface area (Å²) in [6.45, 7) is 5.03. The number of halogens is 1. The molecular formula is C38H34FN3O6S2. The number of aliphatic hydroxyl groups excluding tert-OH is 1. The Morgan fingerprint density at radius 2 is 1.64 bits per heavy atom. The molecule has 0 saturated carbocycles. The first kappa shape index (κ1) is 34.7. The number of thioether (sulfide) groups is 1. The normalized spacial score (nSPS) is 15.3. The number of carbonyl (C=O) groups excluding carboxylic acids is 2. The molecule has 1 aromatic heterocycles. The number of ether oxygens (including phenoxy) is 3. The molecule has 0 radical (unpaired) electrons. The first-order valence-corrected chi connectivity index (χ1v) is 17.8. The number of hydrogen-bond acceptors (Lipinski definition) is 10. The number of amides is 1. The van der Waals surface area contributed by atoms with Gasteiger partial charge in [-0.15, -0.1) is 10.2 Å². The molecule has 1 amide bonds. The number of anilines is 1. The topological polar surface area (TPSA) is 111 Å². The molecule has 256 valence electrons. The number of rotatable bonds is 14. The number of aromatic nitrogens is 2. The summed E-state index contributed by atoms with van der Waals surface area (Å²) < 4.78 is 31.7. The third-order valence-electron chi connectivity index (χ3n) is 7.74. The standard InChI is InChI=1S/C38H34FN3O6S2/c1-3-20-47-29-17-12-26(13-18-29)34(43)32-33(27-14-19-30(31(21-27)46-4-2)48-22-24-8-6-5-7-9-24)42(36(45)35(32)44)37-40-41-38(50-37)49-23-25-10-15-28(39)16-11-25/h5-19,21,33,43H,3-4,20,22-23H2,1-2H3. The molecule has 2 heterocycles. The molecule has 1 atom stereocenters. The monoisotopic (exact) mass is 711 g/mol. The fourth-order valence-electron chi connectivity index (χ4n) is 5.33. The Morgan fingerprint density at radius 3 is 2.36 bits per heavy atom. The maximum atomic E-state index is 13.8. The number of aliphatic hydroxyl groups is 1. The highest BCUT2D eigenvalue weighted by Crippen LogP contribution is 2.46. The molecule has 1 unspecified atom stereocenters. The number of benzene rings is 4. The van der Waals surface area contributed by atoms with Gasteiger partial charge in [-0.05, 0) is 78.6 Å². The smallest absolute Gasteiger partial charge is 0.301 e. The summed E-state index contributed by atoms with van der Waals surface area (Å²) in [5.74, 6) is -0.368. The predicted octanol–water partition coefficient (Wildman–Crippen LogP) is 8.36. The van der Waals surface area contributed by atoms with Gasteiger partial charge in [0.15, 0.2) is 15.8 Å². The van der Waals surface area contributed by atoms with E-state index in [0.29, 0.717) is 58.3 Å². The minimum absolute atomic E-state index is 0.103. The number of nitrogens with zero attached hydrogens (tertiary/aromatic N) is 3. The molecule has 6 rings (SSSR count). The van der Waals surface area contributed by atoms with Gasteiger partial charge in [0.05, 0.1) is 24.8 Å². The third-order valence-corrected chi connectivity index (χ3v) is 9.87. The number of ketones is 1. The zero-order chi connectivity index (χ0) is 35.0. The summed E-state index contributed by atoms with van der Waals surface area (Å²) in [7, 11) is 0. The van der Waals surface area contributed by atoms with E-state index in [9.17, 15) is 19.1 Å². The average Bonchev–Trinajstić information content (AvgIpc) is 3.71. The molecule has 0 bridgehead atoms. The predicted molar refractivity (Wildman–Crippen MR) is 191 cm³/mol. The zero-order valence-electron chi connectivity index (χ0n) is 27.4. The summed E-state index contributed by atoms with van der Waals surface area (Å²) in [6, 6.07) is 26.7. The summed E-state index contributed by atoms with van der Waals surface area (Å²) >= 11 is 2.52. The van der Waals surface area contributed by atoms with Crippen molar-refractivity contribution in [1.82, 2.24) is 10.2 Å². The highest BCUT2D eigenvalue weighted by atomic mass is 32.2. The maximum Gasteiger partial charge on any atom is 0.301 e. The van der Waals surface area contributed by atoms with Gasteiger partial charge in [0, 0.05) is 11.3 Å². The highest BCUT2D eigenvalue weighted by Gasteiger charge is 2.48. The van der Waals surface area contributed by atoms with E-state index in [4.69, 9.17) is 14.2 Å². The van der Waals surface area contributed by atoms with Crippen molar-refractivity contribution in [2.75, 3.05) is 18.1 Å². The number of carbonyl (C=O) groups is 2. The first-order valence-electron chi connectivity index (χ1n) is 16.0. The lowest BCUT2D eigenvalue weighted by Crippen LogP contribution is -2.29. The Balaban J connectivity index is 1.38. The van der Waals surface area contributed by atoms with Crippen LogP contribution in [-0.4, -0.2) is 40.2 Å². The van der Waals surface area contributed by atoms with Crippen molar-refractivity contribution in [2.24, 2.45) is 0 Å². The molecule has 9 nitrogen and oxygen atoms in total. The molecule has 0 spiro atoms. The van der Waals surface area contributed by atoms with Crippen LogP contribution in [-0.2, 0) is 21.9 Å². The molecule has 12 heteroatoms. The van der Waals surface area contributed by atoms with Gasteiger partial charge in [-0.1, -0.05) is 78.6 Å². The lowest BCUT2D eigenvalue weighted by molar-refractivity contribution is -0.132. The van der Waals surface area contributed by atoms with Crippen LogP contribution in [0.4, 0.5) is 9.52 Å². The van der Waals surface area contributed by atoms with Crippen LogP contribution < -0.4 is 19.1 Å². The first-order chi connectivity index (χ1) is 24.4. The van der Waals surface area contributed by atoms with Crippen LogP contribution in [0.3, 0.4) is 0 Å². The van der Waals surface area contributed by atoms with Crippen LogP contribution in [0.2, 0.25) is 0 Å². The van der Waals surface area contributed by atoms with Crippen LogP contribution in [0.5, 0.6) is 17.2 Å². The van der Waals surface area contributed by atoms with E-state index in [1.54, 1.807) is 54.6 Å². The van der Waals surface area contributed by atoms with Crippen LogP contribution in [0.1, 0.15) is 48.6 Å². The van der Waals surface area contributed by atoms with Crippen molar-refractivity contribution in [3.63, 3.8) is 0 Å². The number of Topliss-reactive ketones (excluding diaryl/α,β-unsaturated/α-hetero) is 1. The van der Waals surface area contributed by atoms with Crippen LogP contribution in [0.15, 0.2) is 107 Å². The Morgan fingerprint density at radius 1 is 0.880 bits per heavy atom. The molecule has 5 aromatic rings. The lowest BCUT2D eigenvalue weighted by atomic mass is 9.95. The SMILES string of the molecule is CCCOc1ccc(C(O)=C2C(=O)C(=O)N(c3nnc(SCc4ccc(F)cc4)s3)C2c2ccc(OCc3ccccc3)c(OCC)c2)cc1. The molecule has 50 heavy (non-hydrogen) atoms. The molecule has 0 aliphatic carbocycles. The summed E-state index contributed by atoms with van der Waals surface area (Å²) in [5.41, 5.74) is 2.60. The van der Waals surface area contributed by atoms with Gasteiger partial charge in [-0.2, -0.15) is 0 Å². The summed E-state index contributed by atoms with van der Waals surface area (Å²) in [6.07, 6.45) is 0.836. The van der Waals surface area contributed by atoms with Crippen LogP contribution in [0, 0.1) is 5.82 Å². The van der Waals surface area contributed by atoms with Gasteiger partial charge in [0.2, 0.25) is 5.13 Å². The van der Waals surface area contributed by atoms with Crippen molar-refractivity contribution in [2.45, 2.75) is 43.0 Å². The Labute approximate surface area is 297 Å². The zero-order valence-corrected chi connectivity index (χ0v) is 29.0. The molecule has 1 saturated heterocycles. The van der Waals surface area contributed by atoms with Crippen LogP contribution >= 0.6 is 23.1 Å². The summed E-state index contributed by atoms with van der Waals surface area (Å²) in [4.78, 5) is 28.9. The molecule has 4 aromatic carbocycles. The van der Waals surface area contributed by atoms with E-state index in [1.807, 2.05) is 44.2 Å². The number of hydrogen-bond donors (Lipinski definition) is 1.